The smallest absolute Gasteiger partial charge is 0.0270 e. The van der Waals surface area contributed by atoms with E-state index in [2.05, 4.69) is 28.9 Å². The molecule has 1 saturated heterocycles. The highest BCUT2D eigenvalue weighted by Gasteiger charge is 2.24. The molecule has 2 heterocycles. The van der Waals surface area contributed by atoms with Gasteiger partial charge < -0.3 is 10.6 Å². The third-order valence-electron chi connectivity index (χ3n) is 3.52. The Labute approximate surface area is 97.7 Å². The minimum absolute atomic E-state index is 0.339. The van der Waals surface area contributed by atoms with E-state index >= 15 is 0 Å². The molecular formula is C13H21N3. The van der Waals surface area contributed by atoms with Crippen molar-refractivity contribution in [3.63, 3.8) is 0 Å². The van der Waals surface area contributed by atoms with Crippen LogP contribution in [0, 0.1) is 5.92 Å². The zero-order valence-corrected chi connectivity index (χ0v) is 9.97. The lowest BCUT2D eigenvalue weighted by Crippen LogP contribution is -2.30. The standard InChI is InChI=1S/C13H21N3/c1-11(14)13-5-9-16(10-13)8-4-12-2-6-15-7-3-12/h2-3,6-7,11,13H,4-5,8-10,14H2,1H3. The maximum absolute atomic E-state index is 5.93. The summed E-state index contributed by atoms with van der Waals surface area (Å²) in [4.78, 5) is 6.55. The summed E-state index contributed by atoms with van der Waals surface area (Å²) in [6, 6.07) is 4.53. The fraction of sp³-hybridized carbons (Fsp3) is 0.615. The Hall–Kier alpha value is -0.930. The second-order valence-corrected chi connectivity index (χ2v) is 4.81. The van der Waals surface area contributed by atoms with Crippen LogP contribution in [-0.2, 0) is 6.42 Å². The Morgan fingerprint density at radius 3 is 2.88 bits per heavy atom. The molecule has 16 heavy (non-hydrogen) atoms. The van der Waals surface area contributed by atoms with Gasteiger partial charge in [-0.1, -0.05) is 0 Å². The summed E-state index contributed by atoms with van der Waals surface area (Å²) >= 11 is 0. The van der Waals surface area contributed by atoms with Crippen molar-refractivity contribution in [3.8, 4) is 0 Å². The molecule has 2 unspecified atom stereocenters. The van der Waals surface area contributed by atoms with E-state index in [1.165, 1.54) is 25.1 Å². The van der Waals surface area contributed by atoms with Crippen LogP contribution < -0.4 is 5.73 Å². The predicted molar refractivity (Wildman–Crippen MR) is 66.1 cm³/mol. The van der Waals surface area contributed by atoms with Gasteiger partial charge in [0, 0.05) is 31.5 Å². The van der Waals surface area contributed by atoms with Crippen LogP contribution >= 0.6 is 0 Å². The fourth-order valence-electron chi connectivity index (χ4n) is 2.33. The summed E-state index contributed by atoms with van der Waals surface area (Å²) in [6.45, 7) is 5.64. The SMILES string of the molecule is CC(N)C1CCN(CCc2ccncc2)C1. The molecule has 0 amide bonds. The van der Waals surface area contributed by atoms with Crippen LogP contribution in [0.5, 0.6) is 0 Å². The second kappa shape index (κ2) is 5.41. The number of rotatable bonds is 4. The van der Waals surface area contributed by atoms with Crippen LogP contribution in [0.4, 0.5) is 0 Å². The highest BCUT2D eigenvalue weighted by atomic mass is 15.1. The number of hydrogen-bond donors (Lipinski definition) is 1. The zero-order chi connectivity index (χ0) is 11.4. The minimum Gasteiger partial charge on any atom is -0.328 e. The van der Waals surface area contributed by atoms with Crippen molar-refractivity contribution < 1.29 is 0 Å². The second-order valence-electron chi connectivity index (χ2n) is 4.81. The molecule has 1 aromatic rings. The Morgan fingerprint density at radius 1 is 1.50 bits per heavy atom. The highest BCUT2D eigenvalue weighted by Crippen LogP contribution is 2.18. The molecule has 3 nitrogen and oxygen atoms in total. The van der Waals surface area contributed by atoms with E-state index in [0.29, 0.717) is 12.0 Å². The Morgan fingerprint density at radius 2 is 2.25 bits per heavy atom. The van der Waals surface area contributed by atoms with Crippen molar-refractivity contribution in [1.82, 2.24) is 9.88 Å². The number of likely N-dealkylation sites (tertiary alicyclic amines) is 1. The normalized spacial score (nSPS) is 23.5. The van der Waals surface area contributed by atoms with E-state index in [9.17, 15) is 0 Å². The lowest BCUT2D eigenvalue weighted by molar-refractivity contribution is 0.319. The van der Waals surface area contributed by atoms with E-state index in [4.69, 9.17) is 5.73 Å². The molecule has 2 rings (SSSR count). The van der Waals surface area contributed by atoms with Crippen molar-refractivity contribution >= 4 is 0 Å². The number of pyridine rings is 1. The zero-order valence-electron chi connectivity index (χ0n) is 9.97. The average Bonchev–Trinajstić information content (AvgIpc) is 2.76. The fourth-order valence-corrected chi connectivity index (χ4v) is 2.33. The van der Waals surface area contributed by atoms with E-state index in [0.717, 1.165) is 13.0 Å². The summed E-state index contributed by atoms with van der Waals surface area (Å²) in [5, 5.41) is 0. The summed E-state index contributed by atoms with van der Waals surface area (Å²) < 4.78 is 0. The van der Waals surface area contributed by atoms with Crippen molar-refractivity contribution in [2.45, 2.75) is 25.8 Å². The Balaban J connectivity index is 1.76. The van der Waals surface area contributed by atoms with E-state index < -0.39 is 0 Å². The van der Waals surface area contributed by atoms with Crippen molar-refractivity contribution in [1.29, 1.82) is 0 Å². The Kier molecular flexibility index (Phi) is 3.91. The minimum atomic E-state index is 0.339. The average molecular weight is 219 g/mol. The number of nitrogens with zero attached hydrogens (tertiary/aromatic N) is 2. The molecule has 0 spiro atoms. The van der Waals surface area contributed by atoms with Crippen molar-refractivity contribution in [2.24, 2.45) is 11.7 Å². The molecule has 1 aliphatic rings. The first-order chi connectivity index (χ1) is 7.75. The van der Waals surface area contributed by atoms with Gasteiger partial charge in [0.2, 0.25) is 0 Å². The summed E-state index contributed by atoms with van der Waals surface area (Å²) in [5.74, 6) is 0.692. The monoisotopic (exact) mass is 219 g/mol. The molecule has 0 bridgehead atoms. The molecule has 0 radical (unpaired) electrons. The quantitative estimate of drug-likeness (QED) is 0.830. The maximum atomic E-state index is 5.93. The first-order valence-corrected chi connectivity index (χ1v) is 6.12. The number of nitrogens with two attached hydrogens (primary N) is 1. The lowest BCUT2D eigenvalue weighted by Gasteiger charge is -2.17. The van der Waals surface area contributed by atoms with E-state index in [-0.39, 0.29) is 0 Å². The van der Waals surface area contributed by atoms with Crippen molar-refractivity contribution in [3.05, 3.63) is 30.1 Å². The van der Waals surface area contributed by atoms with Crippen LogP contribution in [0.2, 0.25) is 0 Å². The first kappa shape index (κ1) is 11.6. The predicted octanol–water partition coefficient (Wildman–Crippen LogP) is 1.29. The molecule has 2 atom stereocenters. The molecule has 3 heteroatoms. The third-order valence-corrected chi connectivity index (χ3v) is 3.52. The topological polar surface area (TPSA) is 42.1 Å². The summed E-state index contributed by atoms with van der Waals surface area (Å²) in [6.07, 6.45) is 6.11. The third kappa shape index (κ3) is 3.03. The lowest BCUT2D eigenvalue weighted by atomic mass is 10.0. The van der Waals surface area contributed by atoms with Crippen LogP contribution in [0.3, 0.4) is 0 Å². The largest absolute Gasteiger partial charge is 0.328 e. The Bertz CT molecular complexity index is 310. The van der Waals surface area contributed by atoms with Gasteiger partial charge in [0.25, 0.3) is 0 Å². The molecular weight excluding hydrogens is 198 g/mol. The number of hydrogen-bond acceptors (Lipinski definition) is 3. The van der Waals surface area contributed by atoms with Crippen LogP contribution in [0.25, 0.3) is 0 Å². The highest BCUT2D eigenvalue weighted by molar-refractivity contribution is 5.10. The van der Waals surface area contributed by atoms with Crippen molar-refractivity contribution in [2.75, 3.05) is 19.6 Å². The van der Waals surface area contributed by atoms with E-state index in [1.54, 1.807) is 0 Å². The molecule has 2 N–H and O–H groups in total. The molecule has 1 aliphatic heterocycles. The maximum Gasteiger partial charge on any atom is 0.0270 e. The van der Waals surface area contributed by atoms with Gasteiger partial charge in [0.1, 0.15) is 0 Å². The van der Waals surface area contributed by atoms with E-state index in [1.807, 2.05) is 12.4 Å². The molecule has 0 saturated carbocycles. The molecule has 1 fully saturated rings. The van der Waals surface area contributed by atoms with Crippen LogP contribution in [0.15, 0.2) is 24.5 Å². The summed E-state index contributed by atoms with van der Waals surface area (Å²) in [7, 11) is 0. The molecule has 88 valence electrons. The van der Waals surface area contributed by atoms with Crippen LogP contribution in [-0.4, -0.2) is 35.6 Å². The molecule has 0 aliphatic carbocycles. The van der Waals surface area contributed by atoms with Crippen LogP contribution in [0.1, 0.15) is 18.9 Å². The van der Waals surface area contributed by atoms with Gasteiger partial charge in [-0.15, -0.1) is 0 Å². The van der Waals surface area contributed by atoms with Gasteiger partial charge in [-0.3, -0.25) is 4.98 Å². The number of aromatic nitrogens is 1. The summed E-state index contributed by atoms with van der Waals surface area (Å²) in [5.41, 5.74) is 7.31. The molecule has 1 aromatic heterocycles. The van der Waals surface area contributed by atoms with Gasteiger partial charge in [-0.25, -0.2) is 0 Å². The van der Waals surface area contributed by atoms with Gasteiger partial charge in [0.05, 0.1) is 0 Å². The van der Waals surface area contributed by atoms with Gasteiger partial charge in [-0.05, 0) is 49.9 Å². The molecule has 0 aromatic carbocycles. The van der Waals surface area contributed by atoms with Gasteiger partial charge in [0.15, 0.2) is 0 Å². The van der Waals surface area contributed by atoms with Gasteiger partial charge in [-0.2, -0.15) is 0 Å². The van der Waals surface area contributed by atoms with Gasteiger partial charge >= 0.3 is 0 Å². The first-order valence-electron chi connectivity index (χ1n) is 6.12.